The molecule has 1 aromatic rings. The Hall–Kier alpha value is -1.48. The molecule has 1 amide bonds. The molecule has 1 aliphatic heterocycles. The van der Waals surface area contributed by atoms with Gasteiger partial charge in [-0.3, -0.25) is 4.79 Å². The lowest BCUT2D eigenvalue weighted by molar-refractivity contribution is -0.119. The number of nitrogens with one attached hydrogen (secondary N) is 1. The molecule has 0 saturated carbocycles. The molecule has 0 unspecified atom stereocenters. The fourth-order valence-corrected chi connectivity index (χ4v) is 1.94. The van der Waals surface area contributed by atoms with Crippen molar-refractivity contribution in [1.29, 1.82) is 0 Å². The molecule has 0 fully saturated rings. The predicted octanol–water partition coefficient (Wildman–Crippen LogP) is 3.42. The molecule has 0 bridgehead atoms. The van der Waals surface area contributed by atoms with Gasteiger partial charge in [-0.25, -0.2) is 0 Å². The van der Waals surface area contributed by atoms with E-state index in [2.05, 4.69) is 5.32 Å². The molecule has 2 rings (SSSR count). The van der Waals surface area contributed by atoms with Gasteiger partial charge in [-0.15, -0.1) is 0 Å². The van der Waals surface area contributed by atoms with Crippen molar-refractivity contribution in [3.63, 3.8) is 0 Å². The zero-order valence-corrected chi connectivity index (χ0v) is 12.2. The molecule has 4 heteroatoms. The maximum atomic E-state index is 12.2. The quantitative estimate of drug-likeness (QED) is 0.921. The summed E-state index contributed by atoms with van der Waals surface area (Å²) in [5.74, 6) is 0.674. The first-order valence-corrected chi connectivity index (χ1v) is 6.74. The van der Waals surface area contributed by atoms with Crippen molar-refractivity contribution < 1.29 is 9.53 Å². The highest BCUT2D eigenvalue weighted by Gasteiger charge is 2.23. The van der Waals surface area contributed by atoms with E-state index in [0.717, 1.165) is 17.7 Å². The van der Waals surface area contributed by atoms with Crippen LogP contribution < -0.4 is 10.1 Å². The molecule has 1 aromatic carbocycles. The minimum absolute atomic E-state index is 0.0857. The smallest absolute Gasteiger partial charge is 0.251 e. The van der Waals surface area contributed by atoms with E-state index >= 15 is 0 Å². The van der Waals surface area contributed by atoms with Crippen molar-refractivity contribution in [3.05, 3.63) is 34.4 Å². The summed E-state index contributed by atoms with van der Waals surface area (Å²) >= 11 is 5.95. The fourth-order valence-electron chi connectivity index (χ4n) is 1.76. The lowest BCUT2D eigenvalue weighted by atomic mass is 10.0. The second-order valence-corrected chi connectivity index (χ2v) is 5.77. The second kappa shape index (κ2) is 5.25. The number of amides is 1. The highest BCUT2D eigenvalue weighted by Crippen LogP contribution is 2.29. The minimum atomic E-state index is -0.216. The van der Waals surface area contributed by atoms with Gasteiger partial charge in [-0.1, -0.05) is 18.5 Å². The molecule has 0 aromatic heterocycles. The van der Waals surface area contributed by atoms with Crippen LogP contribution >= 0.6 is 11.6 Å². The summed E-state index contributed by atoms with van der Waals surface area (Å²) < 4.78 is 5.57. The summed E-state index contributed by atoms with van der Waals surface area (Å²) in [5.41, 5.74) is 1.25. The Labute approximate surface area is 118 Å². The zero-order valence-electron chi connectivity index (χ0n) is 11.4. The number of fused-ring (bicyclic) bond motifs is 1. The van der Waals surface area contributed by atoms with Crippen molar-refractivity contribution in [3.8, 4) is 5.75 Å². The number of halogens is 1. The number of carbonyl (C=O) groups is 1. The van der Waals surface area contributed by atoms with Gasteiger partial charge in [0.05, 0.1) is 5.57 Å². The molecule has 0 saturated heterocycles. The van der Waals surface area contributed by atoms with E-state index < -0.39 is 0 Å². The van der Waals surface area contributed by atoms with Gasteiger partial charge in [0.1, 0.15) is 12.4 Å². The Morgan fingerprint density at radius 2 is 2.21 bits per heavy atom. The highest BCUT2D eigenvalue weighted by atomic mass is 35.5. The van der Waals surface area contributed by atoms with Crippen LogP contribution in [0.1, 0.15) is 32.8 Å². The van der Waals surface area contributed by atoms with Crippen LogP contribution in [0.25, 0.3) is 6.08 Å². The van der Waals surface area contributed by atoms with Crippen molar-refractivity contribution >= 4 is 23.6 Å². The maximum absolute atomic E-state index is 12.2. The molecule has 0 aliphatic carbocycles. The molecule has 0 spiro atoms. The summed E-state index contributed by atoms with van der Waals surface area (Å²) in [5, 5.41) is 3.63. The largest absolute Gasteiger partial charge is 0.488 e. The Balaban J connectivity index is 2.21. The van der Waals surface area contributed by atoms with E-state index in [1.807, 2.05) is 32.9 Å². The average Bonchev–Trinajstić information content (AvgIpc) is 2.37. The van der Waals surface area contributed by atoms with Crippen molar-refractivity contribution in [2.45, 2.75) is 32.7 Å². The normalized spacial score (nSPS) is 14.2. The SMILES string of the molecule is CCC(C)(C)NC(=O)C1=Cc2cc(Cl)ccc2OC1. The Morgan fingerprint density at radius 1 is 1.47 bits per heavy atom. The first kappa shape index (κ1) is 13.9. The molecule has 102 valence electrons. The van der Waals surface area contributed by atoms with E-state index in [-0.39, 0.29) is 11.4 Å². The van der Waals surface area contributed by atoms with Gasteiger partial charge in [-0.05, 0) is 44.5 Å². The van der Waals surface area contributed by atoms with E-state index in [9.17, 15) is 4.79 Å². The number of rotatable bonds is 3. The van der Waals surface area contributed by atoms with Gasteiger partial charge < -0.3 is 10.1 Å². The second-order valence-electron chi connectivity index (χ2n) is 5.33. The first-order valence-electron chi connectivity index (χ1n) is 6.37. The van der Waals surface area contributed by atoms with Crippen LogP contribution in [0.4, 0.5) is 0 Å². The maximum Gasteiger partial charge on any atom is 0.251 e. The van der Waals surface area contributed by atoms with Crippen molar-refractivity contribution in [2.24, 2.45) is 0 Å². The molecule has 1 aliphatic rings. The Kier molecular flexibility index (Phi) is 3.85. The molecule has 19 heavy (non-hydrogen) atoms. The fraction of sp³-hybridized carbons (Fsp3) is 0.400. The van der Waals surface area contributed by atoms with E-state index in [1.165, 1.54) is 0 Å². The van der Waals surface area contributed by atoms with E-state index in [0.29, 0.717) is 17.2 Å². The summed E-state index contributed by atoms with van der Waals surface area (Å²) in [6.45, 7) is 6.33. The van der Waals surface area contributed by atoms with Crippen LogP contribution in [0, 0.1) is 0 Å². The Morgan fingerprint density at radius 3 is 2.89 bits per heavy atom. The van der Waals surface area contributed by atoms with Gasteiger partial charge in [-0.2, -0.15) is 0 Å². The molecular formula is C15H18ClNO2. The topological polar surface area (TPSA) is 38.3 Å². The molecule has 3 nitrogen and oxygen atoms in total. The number of benzene rings is 1. The van der Waals surface area contributed by atoms with Gasteiger partial charge >= 0.3 is 0 Å². The third kappa shape index (κ3) is 3.29. The first-order chi connectivity index (χ1) is 8.91. The predicted molar refractivity (Wildman–Crippen MR) is 77.4 cm³/mol. The number of ether oxygens (including phenoxy) is 1. The highest BCUT2D eigenvalue weighted by molar-refractivity contribution is 6.30. The van der Waals surface area contributed by atoms with Crippen LogP contribution in [-0.2, 0) is 4.79 Å². The number of carbonyl (C=O) groups excluding carboxylic acids is 1. The summed E-state index contributed by atoms with van der Waals surface area (Å²) in [6, 6.07) is 5.40. The summed E-state index contributed by atoms with van der Waals surface area (Å²) in [4.78, 5) is 12.2. The zero-order chi connectivity index (χ0) is 14.0. The Bertz CT molecular complexity index is 535. The summed E-state index contributed by atoms with van der Waals surface area (Å²) in [7, 11) is 0. The summed E-state index contributed by atoms with van der Waals surface area (Å²) in [6.07, 6.45) is 2.71. The third-order valence-electron chi connectivity index (χ3n) is 3.31. The molecule has 0 atom stereocenters. The lowest BCUT2D eigenvalue weighted by Crippen LogP contribution is -2.44. The van der Waals surface area contributed by atoms with E-state index in [4.69, 9.17) is 16.3 Å². The number of hydrogen-bond donors (Lipinski definition) is 1. The van der Waals surface area contributed by atoms with Crippen LogP contribution in [0.3, 0.4) is 0 Å². The van der Waals surface area contributed by atoms with Gasteiger partial charge in [0, 0.05) is 16.1 Å². The minimum Gasteiger partial charge on any atom is -0.488 e. The molecular weight excluding hydrogens is 262 g/mol. The van der Waals surface area contributed by atoms with Crippen LogP contribution in [0.15, 0.2) is 23.8 Å². The lowest BCUT2D eigenvalue weighted by Gasteiger charge is -2.26. The van der Waals surface area contributed by atoms with E-state index in [1.54, 1.807) is 12.1 Å². The number of hydrogen-bond acceptors (Lipinski definition) is 2. The monoisotopic (exact) mass is 279 g/mol. The van der Waals surface area contributed by atoms with Gasteiger partial charge in [0.2, 0.25) is 0 Å². The van der Waals surface area contributed by atoms with Crippen LogP contribution in [0.5, 0.6) is 5.75 Å². The average molecular weight is 280 g/mol. The molecule has 1 N–H and O–H groups in total. The van der Waals surface area contributed by atoms with Gasteiger partial charge in [0.25, 0.3) is 5.91 Å². The molecule has 1 heterocycles. The molecule has 0 radical (unpaired) electrons. The van der Waals surface area contributed by atoms with Crippen molar-refractivity contribution in [1.82, 2.24) is 5.32 Å². The van der Waals surface area contributed by atoms with Crippen molar-refractivity contribution in [2.75, 3.05) is 6.61 Å². The van der Waals surface area contributed by atoms with Crippen LogP contribution in [-0.4, -0.2) is 18.1 Å². The van der Waals surface area contributed by atoms with Gasteiger partial charge in [0.15, 0.2) is 0 Å². The third-order valence-corrected chi connectivity index (χ3v) is 3.55. The standard InChI is InChI=1S/C15H18ClNO2/c1-4-15(2,3)17-14(18)11-7-10-8-12(16)5-6-13(10)19-9-11/h5-8H,4,9H2,1-3H3,(H,17,18). The van der Waals surface area contributed by atoms with Crippen LogP contribution in [0.2, 0.25) is 5.02 Å².